The number of nitrogens with one attached hydrogen (secondary N) is 1. The van der Waals surface area contributed by atoms with Gasteiger partial charge in [0.15, 0.2) is 0 Å². The Morgan fingerprint density at radius 1 is 1.15 bits per heavy atom. The van der Waals surface area contributed by atoms with Crippen molar-refractivity contribution in [2.24, 2.45) is 5.92 Å². The lowest BCUT2D eigenvalue weighted by molar-refractivity contribution is 0.0620. The van der Waals surface area contributed by atoms with Gasteiger partial charge in [-0.25, -0.2) is 0 Å². The Bertz CT molecular complexity index is 481. The highest BCUT2D eigenvalue weighted by Gasteiger charge is 2.34. The van der Waals surface area contributed by atoms with Gasteiger partial charge in [0.05, 0.1) is 0 Å². The van der Waals surface area contributed by atoms with Crippen molar-refractivity contribution in [3.8, 4) is 0 Å². The van der Waals surface area contributed by atoms with E-state index in [9.17, 15) is 4.79 Å². The van der Waals surface area contributed by atoms with Crippen molar-refractivity contribution in [2.45, 2.75) is 18.9 Å². The van der Waals surface area contributed by atoms with Gasteiger partial charge in [0.2, 0.25) is 0 Å². The van der Waals surface area contributed by atoms with Crippen LogP contribution < -0.4 is 5.32 Å². The number of hydrogen-bond donors (Lipinski definition) is 1. The molecule has 6 heteroatoms. The van der Waals surface area contributed by atoms with Crippen molar-refractivity contribution < 1.29 is 4.79 Å². The molecule has 3 fully saturated rings. The third kappa shape index (κ3) is 3.40. The van der Waals surface area contributed by atoms with Crippen LogP contribution in [0, 0.1) is 5.92 Å². The molecule has 0 aliphatic carbocycles. The highest BCUT2D eigenvalue weighted by Crippen LogP contribution is 2.28. The van der Waals surface area contributed by atoms with E-state index in [0.717, 1.165) is 6.54 Å². The number of piperidine rings is 3. The first-order valence-electron chi connectivity index (χ1n) is 6.61. The van der Waals surface area contributed by atoms with Crippen molar-refractivity contribution in [1.82, 2.24) is 10.2 Å². The van der Waals surface area contributed by atoms with Gasteiger partial charge in [-0.05, 0) is 50.0 Å². The predicted molar refractivity (Wildman–Crippen MR) is 84.1 cm³/mol. The summed E-state index contributed by atoms with van der Waals surface area (Å²) in [5.74, 6) is 0.534. The zero-order valence-electron chi connectivity index (χ0n) is 10.9. The van der Waals surface area contributed by atoms with Crippen LogP contribution in [0.4, 0.5) is 0 Å². The smallest absolute Gasteiger partial charge is 0.251 e. The molecule has 1 aromatic carbocycles. The van der Waals surface area contributed by atoms with Crippen LogP contribution in [-0.4, -0.2) is 36.5 Å². The fourth-order valence-electron chi connectivity index (χ4n) is 3.07. The molecular weight excluding hydrogens is 319 g/mol. The lowest BCUT2D eigenvalue weighted by atomic mass is 9.84. The van der Waals surface area contributed by atoms with Crippen LogP contribution in [0.25, 0.3) is 0 Å². The monoisotopic (exact) mass is 334 g/mol. The average molecular weight is 336 g/mol. The number of carbonyl (C=O) groups excluding carboxylic acids is 1. The number of nitrogens with zero attached hydrogens (tertiary/aromatic N) is 1. The van der Waals surface area contributed by atoms with Crippen LogP contribution in [0.5, 0.6) is 0 Å². The van der Waals surface area contributed by atoms with E-state index in [-0.39, 0.29) is 24.4 Å². The minimum Gasteiger partial charge on any atom is -0.348 e. The maximum absolute atomic E-state index is 12.2. The quantitative estimate of drug-likeness (QED) is 0.900. The van der Waals surface area contributed by atoms with Gasteiger partial charge in [0.25, 0.3) is 5.91 Å². The summed E-state index contributed by atoms with van der Waals surface area (Å²) in [5.41, 5.74) is 0.536. The van der Waals surface area contributed by atoms with Crippen molar-refractivity contribution in [3.63, 3.8) is 0 Å². The third-order valence-electron chi connectivity index (χ3n) is 4.10. The molecular formula is C14H17Cl3N2O. The minimum absolute atomic E-state index is 0. The maximum Gasteiger partial charge on any atom is 0.251 e. The van der Waals surface area contributed by atoms with Gasteiger partial charge < -0.3 is 10.2 Å². The zero-order chi connectivity index (χ0) is 13.4. The van der Waals surface area contributed by atoms with E-state index in [4.69, 9.17) is 23.2 Å². The lowest BCUT2D eigenvalue weighted by Gasteiger charge is -2.44. The van der Waals surface area contributed by atoms with E-state index in [1.807, 2.05) is 0 Å². The molecule has 0 spiro atoms. The molecule has 4 rings (SSSR count). The first-order chi connectivity index (χ1) is 9.11. The lowest BCUT2D eigenvalue weighted by Crippen LogP contribution is -2.57. The molecule has 1 atom stereocenters. The molecule has 3 heterocycles. The van der Waals surface area contributed by atoms with Crippen LogP contribution in [0.15, 0.2) is 18.2 Å². The summed E-state index contributed by atoms with van der Waals surface area (Å²) < 4.78 is 0. The van der Waals surface area contributed by atoms with E-state index in [2.05, 4.69) is 10.2 Å². The molecule has 3 aliphatic rings. The summed E-state index contributed by atoms with van der Waals surface area (Å²) in [6, 6.07) is 5.20. The fraction of sp³-hybridized carbons (Fsp3) is 0.500. The van der Waals surface area contributed by atoms with Gasteiger partial charge in [-0.15, -0.1) is 12.4 Å². The molecule has 3 nitrogen and oxygen atoms in total. The Morgan fingerprint density at radius 3 is 2.25 bits per heavy atom. The summed E-state index contributed by atoms with van der Waals surface area (Å²) >= 11 is 11.9. The number of fused-ring (bicyclic) bond motifs is 3. The maximum atomic E-state index is 12.2. The van der Waals surface area contributed by atoms with Gasteiger partial charge in [-0.3, -0.25) is 4.79 Å². The molecule has 110 valence electrons. The second-order valence-electron chi connectivity index (χ2n) is 5.38. The third-order valence-corrected chi connectivity index (χ3v) is 4.53. The number of carbonyl (C=O) groups is 1. The van der Waals surface area contributed by atoms with Crippen molar-refractivity contribution in [2.75, 3.05) is 19.6 Å². The highest BCUT2D eigenvalue weighted by molar-refractivity contribution is 6.35. The summed E-state index contributed by atoms with van der Waals surface area (Å²) in [6.07, 6.45) is 2.36. The van der Waals surface area contributed by atoms with Crippen LogP contribution in [0.3, 0.4) is 0 Å². The first-order valence-corrected chi connectivity index (χ1v) is 7.37. The zero-order valence-corrected chi connectivity index (χ0v) is 13.3. The Morgan fingerprint density at radius 2 is 1.75 bits per heavy atom. The largest absolute Gasteiger partial charge is 0.348 e. The molecule has 0 aromatic heterocycles. The Balaban J connectivity index is 0.00000147. The summed E-state index contributed by atoms with van der Waals surface area (Å²) in [7, 11) is 0. The van der Waals surface area contributed by atoms with Crippen LogP contribution in [0.1, 0.15) is 23.2 Å². The molecule has 1 unspecified atom stereocenters. The number of hydrogen-bond acceptors (Lipinski definition) is 2. The average Bonchev–Trinajstić information content (AvgIpc) is 2.39. The second-order valence-corrected chi connectivity index (χ2v) is 6.25. The van der Waals surface area contributed by atoms with Gasteiger partial charge in [-0.1, -0.05) is 23.2 Å². The summed E-state index contributed by atoms with van der Waals surface area (Å²) in [4.78, 5) is 14.7. The number of benzene rings is 1. The highest BCUT2D eigenvalue weighted by atomic mass is 35.5. The van der Waals surface area contributed by atoms with E-state index in [1.54, 1.807) is 18.2 Å². The normalized spacial score (nSPS) is 27.8. The first kappa shape index (κ1) is 15.9. The van der Waals surface area contributed by atoms with Crippen LogP contribution in [-0.2, 0) is 0 Å². The van der Waals surface area contributed by atoms with Gasteiger partial charge in [0.1, 0.15) is 0 Å². The summed E-state index contributed by atoms with van der Waals surface area (Å²) in [6.45, 7) is 3.30. The molecule has 1 amide bonds. The van der Waals surface area contributed by atoms with Crippen molar-refractivity contribution in [3.05, 3.63) is 33.8 Å². The van der Waals surface area contributed by atoms with Crippen molar-refractivity contribution >= 4 is 41.5 Å². The van der Waals surface area contributed by atoms with Gasteiger partial charge in [-0.2, -0.15) is 0 Å². The number of rotatable bonds is 2. The van der Waals surface area contributed by atoms with Crippen LogP contribution in [0.2, 0.25) is 10.0 Å². The van der Waals surface area contributed by atoms with E-state index in [1.165, 1.54) is 25.9 Å². The number of halogens is 3. The molecule has 0 saturated carbocycles. The fourth-order valence-corrected chi connectivity index (χ4v) is 3.59. The minimum atomic E-state index is -0.0804. The van der Waals surface area contributed by atoms with Gasteiger partial charge in [0, 0.05) is 28.2 Å². The molecule has 3 saturated heterocycles. The summed E-state index contributed by atoms with van der Waals surface area (Å²) in [5, 5.41) is 4.11. The molecule has 1 aromatic rings. The van der Waals surface area contributed by atoms with E-state index in [0.29, 0.717) is 21.5 Å². The van der Waals surface area contributed by atoms with Crippen LogP contribution >= 0.6 is 35.6 Å². The predicted octanol–water partition coefficient (Wildman–Crippen LogP) is 3.24. The molecule has 0 radical (unpaired) electrons. The second kappa shape index (κ2) is 6.52. The van der Waals surface area contributed by atoms with E-state index < -0.39 is 0 Å². The molecule has 20 heavy (non-hydrogen) atoms. The van der Waals surface area contributed by atoms with Crippen molar-refractivity contribution in [1.29, 1.82) is 0 Å². The standard InChI is InChI=1S/C14H16Cl2N2O.ClH/c15-11-5-10(6-12(16)7-11)14(19)17-13-8-18-3-1-9(13)2-4-18;/h5-7,9,13H,1-4,8H2,(H,17,19);1H. The SMILES string of the molecule is Cl.O=C(NC1CN2CCC1CC2)c1cc(Cl)cc(Cl)c1. The molecule has 3 aliphatic heterocycles. The van der Waals surface area contributed by atoms with E-state index >= 15 is 0 Å². The molecule has 2 bridgehead atoms. The topological polar surface area (TPSA) is 32.3 Å². The Labute approximate surface area is 135 Å². The Hall–Kier alpha value is -0.480. The van der Waals surface area contributed by atoms with Gasteiger partial charge >= 0.3 is 0 Å². The molecule has 1 N–H and O–H groups in total. The number of amides is 1. The Kier molecular flexibility index (Phi) is 5.19.